The molecule has 4 heteroatoms. The smallest absolute Gasteiger partial charge is 0.189 e. The second kappa shape index (κ2) is 4.81. The molecule has 16 heavy (non-hydrogen) atoms. The normalized spacial score (nSPS) is 10.6. The molecule has 2 rings (SSSR count). The van der Waals surface area contributed by atoms with Crippen molar-refractivity contribution in [2.24, 2.45) is 0 Å². The molecule has 0 aliphatic heterocycles. The number of benzene rings is 1. The van der Waals surface area contributed by atoms with Crippen molar-refractivity contribution in [2.75, 3.05) is 19.1 Å². The number of nitrogen functional groups attached to an aromatic ring is 1. The van der Waals surface area contributed by atoms with Crippen LogP contribution in [0.5, 0.6) is 5.75 Å². The van der Waals surface area contributed by atoms with Gasteiger partial charge in [-0.05, 0) is 31.2 Å². The van der Waals surface area contributed by atoms with Crippen molar-refractivity contribution in [3.63, 3.8) is 0 Å². The van der Waals surface area contributed by atoms with E-state index in [2.05, 4.69) is 4.98 Å². The maximum Gasteiger partial charge on any atom is 0.189 e. The molecule has 4 nitrogen and oxygen atoms in total. The van der Waals surface area contributed by atoms with Gasteiger partial charge in [0.05, 0.1) is 11.2 Å². The number of hydrogen-bond donors (Lipinski definition) is 1. The van der Waals surface area contributed by atoms with Gasteiger partial charge in [-0.3, -0.25) is 4.98 Å². The average molecular weight is 218 g/mol. The second-order valence-electron chi connectivity index (χ2n) is 3.31. The summed E-state index contributed by atoms with van der Waals surface area (Å²) in [6.07, 6.45) is 1.71. The number of aromatic nitrogens is 1. The van der Waals surface area contributed by atoms with Crippen molar-refractivity contribution in [1.29, 1.82) is 0 Å². The lowest BCUT2D eigenvalue weighted by molar-refractivity contribution is 0.0233. The van der Waals surface area contributed by atoms with Crippen molar-refractivity contribution in [1.82, 2.24) is 4.98 Å². The highest BCUT2D eigenvalue weighted by atomic mass is 16.7. The Labute approximate surface area is 94.0 Å². The van der Waals surface area contributed by atoms with Crippen LogP contribution < -0.4 is 10.5 Å². The molecule has 2 N–H and O–H groups in total. The monoisotopic (exact) mass is 218 g/mol. The van der Waals surface area contributed by atoms with Crippen LogP contribution in [0.3, 0.4) is 0 Å². The first kappa shape index (κ1) is 10.7. The number of ether oxygens (including phenoxy) is 2. The summed E-state index contributed by atoms with van der Waals surface area (Å²) in [4.78, 5) is 4.22. The van der Waals surface area contributed by atoms with Crippen molar-refractivity contribution in [3.8, 4) is 5.75 Å². The molecule has 0 saturated carbocycles. The maximum absolute atomic E-state index is 5.83. The zero-order valence-corrected chi connectivity index (χ0v) is 9.14. The molecule has 0 saturated heterocycles. The number of hydrogen-bond acceptors (Lipinski definition) is 4. The van der Waals surface area contributed by atoms with E-state index in [0.29, 0.717) is 12.3 Å². The summed E-state index contributed by atoms with van der Waals surface area (Å²) in [6.45, 7) is 2.79. The molecule has 2 aromatic rings. The summed E-state index contributed by atoms with van der Waals surface area (Å²) < 4.78 is 10.6. The van der Waals surface area contributed by atoms with Gasteiger partial charge in [-0.25, -0.2) is 0 Å². The third kappa shape index (κ3) is 2.06. The fourth-order valence-corrected chi connectivity index (χ4v) is 1.48. The first-order chi connectivity index (χ1) is 7.83. The van der Waals surface area contributed by atoms with Gasteiger partial charge in [0.1, 0.15) is 5.75 Å². The minimum absolute atomic E-state index is 0.240. The van der Waals surface area contributed by atoms with E-state index in [0.717, 1.165) is 16.7 Å². The topological polar surface area (TPSA) is 57.4 Å². The van der Waals surface area contributed by atoms with Crippen LogP contribution in [-0.4, -0.2) is 18.4 Å². The summed E-state index contributed by atoms with van der Waals surface area (Å²) in [5.74, 6) is 0.741. The third-order valence-electron chi connectivity index (χ3n) is 2.26. The van der Waals surface area contributed by atoms with Crippen LogP contribution >= 0.6 is 0 Å². The van der Waals surface area contributed by atoms with Gasteiger partial charge in [-0.2, -0.15) is 0 Å². The van der Waals surface area contributed by atoms with Gasteiger partial charge < -0.3 is 15.2 Å². The highest BCUT2D eigenvalue weighted by Gasteiger charge is 2.05. The third-order valence-corrected chi connectivity index (χ3v) is 2.26. The molecule has 0 bridgehead atoms. The highest BCUT2D eigenvalue weighted by molar-refractivity contribution is 5.93. The summed E-state index contributed by atoms with van der Waals surface area (Å²) >= 11 is 0. The molecule has 1 heterocycles. The van der Waals surface area contributed by atoms with Gasteiger partial charge in [-0.15, -0.1) is 0 Å². The summed E-state index contributed by atoms with van der Waals surface area (Å²) in [7, 11) is 0. The number of nitrogens with two attached hydrogens (primary N) is 1. The summed E-state index contributed by atoms with van der Waals surface area (Å²) in [6, 6.07) is 7.41. The van der Waals surface area contributed by atoms with Gasteiger partial charge in [-0.1, -0.05) is 0 Å². The van der Waals surface area contributed by atoms with Crippen LogP contribution in [0.25, 0.3) is 10.9 Å². The zero-order valence-electron chi connectivity index (χ0n) is 9.14. The fourth-order valence-electron chi connectivity index (χ4n) is 1.48. The van der Waals surface area contributed by atoms with E-state index in [-0.39, 0.29) is 6.79 Å². The van der Waals surface area contributed by atoms with E-state index >= 15 is 0 Å². The molecular formula is C12H14N2O2. The SMILES string of the molecule is CCOCOc1ccc(N)c2ncccc12. The van der Waals surface area contributed by atoms with E-state index in [1.807, 2.05) is 25.1 Å². The number of nitrogens with zero attached hydrogens (tertiary/aromatic N) is 1. The Morgan fingerprint density at radius 2 is 2.19 bits per heavy atom. The minimum Gasteiger partial charge on any atom is -0.467 e. The van der Waals surface area contributed by atoms with Gasteiger partial charge in [0.15, 0.2) is 6.79 Å². The van der Waals surface area contributed by atoms with Crippen molar-refractivity contribution in [3.05, 3.63) is 30.5 Å². The standard InChI is InChI=1S/C12H14N2O2/c1-2-15-8-16-11-6-5-10(13)12-9(11)4-3-7-14-12/h3-7H,2,8,13H2,1H3. The van der Waals surface area contributed by atoms with Crippen molar-refractivity contribution < 1.29 is 9.47 Å². The van der Waals surface area contributed by atoms with E-state index in [1.165, 1.54) is 0 Å². The molecule has 0 aliphatic rings. The molecule has 84 valence electrons. The first-order valence-electron chi connectivity index (χ1n) is 5.16. The predicted molar refractivity (Wildman–Crippen MR) is 63.3 cm³/mol. The van der Waals surface area contributed by atoms with Crippen LogP contribution in [0.1, 0.15) is 6.92 Å². The molecule has 0 unspecified atom stereocenters. The van der Waals surface area contributed by atoms with E-state index < -0.39 is 0 Å². The molecule has 0 aliphatic carbocycles. The van der Waals surface area contributed by atoms with Crippen LogP contribution in [0.15, 0.2) is 30.5 Å². The second-order valence-corrected chi connectivity index (χ2v) is 3.31. The van der Waals surface area contributed by atoms with Crippen molar-refractivity contribution in [2.45, 2.75) is 6.92 Å². The molecule has 1 aromatic heterocycles. The number of fused-ring (bicyclic) bond motifs is 1. The van der Waals surface area contributed by atoms with E-state index in [1.54, 1.807) is 12.3 Å². The van der Waals surface area contributed by atoms with E-state index in [4.69, 9.17) is 15.2 Å². The van der Waals surface area contributed by atoms with Crippen LogP contribution in [-0.2, 0) is 4.74 Å². The van der Waals surface area contributed by atoms with Gasteiger partial charge >= 0.3 is 0 Å². The average Bonchev–Trinajstić information content (AvgIpc) is 2.33. The lowest BCUT2D eigenvalue weighted by Crippen LogP contribution is -2.03. The van der Waals surface area contributed by atoms with Crippen molar-refractivity contribution >= 4 is 16.6 Å². The van der Waals surface area contributed by atoms with Gasteiger partial charge in [0.25, 0.3) is 0 Å². The molecule has 0 amide bonds. The first-order valence-corrected chi connectivity index (χ1v) is 5.16. The summed E-state index contributed by atoms with van der Waals surface area (Å²) in [5, 5.41) is 0.905. The Hall–Kier alpha value is -1.81. The molecule has 0 atom stereocenters. The van der Waals surface area contributed by atoms with Gasteiger partial charge in [0.2, 0.25) is 0 Å². The molecule has 1 aromatic carbocycles. The van der Waals surface area contributed by atoms with E-state index in [9.17, 15) is 0 Å². The Morgan fingerprint density at radius 1 is 1.31 bits per heavy atom. The Bertz CT molecular complexity index is 485. The Balaban J connectivity index is 2.35. The fraction of sp³-hybridized carbons (Fsp3) is 0.250. The lowest BCUT2D eigenvalue weighted by atomic mass is 10.2. The van der Waals surface area contributed by atoms with Gasteiger partial charge in [0, 0.05) is 18.2 Å². The number of pyridine rings is 1. The number of anilines is 1. The highest BCUT2D eigenvalue weighted by Crippen LogP contribution is 2.28. The Morgan fingerprint density at radius 3 is 3.00 bits per heavy atom. The van der Waals surface area contributed by atoms with Crippen LogP contribution in [0, 0.1) is 0 Å². The molecular weight excluding hydrogens is 204 g/mol. The minimum atomic E-state index is 0.240. The molecule has 0 fully saturated rings. The Kier molecular flexibility index (Phi) is 3.22. The quantitative estimate of drug-likeness (QED) is 0.485. The molecule has 0 radical (unpaired) electrons. The lowest BCUT2D eigenvalue weighted by Gasteiger charge is -2.09. The summed E-state index contributed by atoms with van der Waals surface area (Å²) in [5.41, 5.74) is 7.24. The largest absolute Gasteiger partial charge is 0.467 e. The predicted octanol–water partition coefficient (Wildman–Crippen LogP) is 2.19. The molecule has 0 spiro atoms. The zero-order chi connectivity index (χ0) is 11.4. The maximum atomic E-state index is 5.83. The van der Waals surface area contributed by atoms with Crippen LogP contribution in [0.4, 0.5) is 5.69 Å². The van der Waals surface area contributed by atoms with Crippen LogP contribution in [0.2, 0.25) is 0 Å². The number of rotatable bonds is 4.